The number of fused-ring (bicyclic) bond motifs is 1. The maximum Gasteiger partial charge on any atom is 0.256 e. The summed E-state index contributed by atoms with van der Waals surface area (Å²) in [5, 5.41) is 3.57. The standard InChI is InChI=1S/C22H14N4O2S/c27-20(15-10-5-2-6-11-15)25-19-17-22(29-21(23-17)16-12-7-13-28-16)26-18(24-19)14-8-3-1-4-9-14/h1-13H,(H,24,25,26,27). The van der Waals surface area contributed by atoms with Gasteiger partial charge in [-0.05, 0) is 24.3 Å². The number of nitrogens with zero attached hydrogens (tertiary/aromatic N) is 3. The second-order valence-electron chi connectivity index (χ2n) is 6.23. The van der Waals surface area contributed by atoms with Crippen LogP contribution in [0, 0.1) is 0 Å². The average molecular weight is 398 g/mol. The third-order valence-electron chi connectivity index (χ3n) is 4.29. The Morgan fingerprint density at radius 3 is 2.34 bits per heavy atom. The van der Waals surface area contributed by atoms with E-state index in [9.17, 15) is 4.79 Å². The van der Waals surface area contributed by atoms with Gasteiger partial charge in [-0.15, -0.1) is 0 Å². The van der Waals surface area contributed by atoms with Crippen LogP contribution in [0.25, 0.3) is 32.5 Å². The van der Waals surface area contributed by atoms with Crippen molar-refractivity contribution >= 4 is 33.4 Å². The third kappa shape index (κ3) is 3.39. The van der Waals surface area contributed by atoms with E-state index in [0.717, 1.165) is 5.56 Å². The number of anilines is 1. The number of aromatic nitrogens is 3. The number of thiazole rings is 1. The lowest BCUT2D eigenvalue weighted by Gasteiger charge is -2.07. The van der Waals surface area contributed by atoms with E-state index in [1.807, 2.05) is 54.6 Å². The molecule has 0 unspecified atom stereocenters. The molecule has 29 heavy (non-hydrogen) atoms. The predicted molar refractivity (Wildman–Crippen MR) is 113 cm³/mol. The molecule has 0 saturated heterocycles. The van der Waals surface area contributed by atoms with Crippen LogP contribution in [-0.4, -0.2) is 20.9 Å². The zero-order valence-electron chi connectivity index (χ0n) is 15.1. The highest BCUT2D eigenvalue weighted by Gasteiger charge is 2.18. The molecule has 0 fully saturated rings. The Labute approximate surface area is 169 Å². The first-order valence-corrected chi connectivity index (χ1v) is 9.74. The second kappa shape index (κ2) is 7.29. The Hall–Kier alpha value is -3.84. The third-order valence-corrected chi connectivity index (χ3v) is 5.25. The lowest BCUT2D eigenvalue weighted by Crippen LogP contribution is -2.13. The van der Waals surface area contributed by atoms with Crippen LogP contribution in [0.5, 0.6) is 0 Å². The largest absolute Gasteiger partial charge is 0.462 e. The van der Waals surface area contributed by atoms with Gasteiger partial charge in [0, 0.05) is 11.1 Å². The maximum absolute atomic E-state index is 12.7. The van der Waals surface area contributed by atoms with Crippen molar-refractivity contribution in [2.75, 3.05) is 5.32 Å². The maximum atomic E-state index is 12.7. The summed E-state index contributed by atoms with van der Waals surface area (Å²) in [7, 11) is 0. The summed E-state index contributed by atoms with van der Waals surface area (Å²) in [6.07, 6.45) is 1.60. The minimum absolute atomic E-state index is 0.253. The number of benzene rings is 2. The average Bonchev–Trinajstić information content (AvgIpc) is 3.45. The molecular weight excluding hydrogens is 384 g/mol. The molecule has 0 aliphatic carbocycles. The Morgan fingerprint density at radius 1 is 0.862 bits per heavy atom. The molecule has 2 aromatic carbocycles. The van der Waals surface area contributed by atoms with Crippen LogP contribution in [0.1, 0.15) is 10.4 Å². The molecule has 0 spiro atoms. The van der Waals surface area contributed by atoms with Crippen LogP contribution in [0.2, 0.25) is 0 Å². The van der Waals surface area contributed by atoms with Crippen molar-refractivity contribution in [3.8, 4) is 22.2 Å². The van der Waals surface area contributed by atoms with E-state index in [4.69, 9.17) is 4.42 Å². The quantitative estimate of drug-likeness (QED) is 0.446. The van der Waals surface area contributed by atoms with E-state index >= 15 is 0 Å². The Kier molecular flexibility index (Phi) is 4.34. The highest BCUT2D eigenvalue weighted by molar-refractivity contribution is 7.21. The number of nitrogens with one attached hydrogen (secondary N) is 1. The van der Waals surface area contributed by atoms with E-state index < -0.39 is 0 Å². The van der Waals surface area contributed by atoms with E-state index in [-0.39, 0.29) is 5.91 Å². The number of carbonyl (C=O) groups excluding carboxylic acids is 1. The monoisotopic (exact) mass is 398 g/mol. The number of hydrogen-bond donors (Lipinski definition) is 1. The van der Waals surface area contributed by atoms with Gasteiger partial charge < -0.3 is 9.73 Å². The minimum atomic E-state index is -0.253. The van der Waals surface area contributed by atoms with Gasteiger partial charge in [0.15, 0.2) is 22.4 Å². The molecule has 0 aliphatic rings. The summed E-state index contributed by atoms with van der Waals surface area (Å²) in [5.41, 5.74) is 1.94. The van der Waals surface area contributed by atoms with E-state index in [1.165, 1.54) is 11.3 Å². The summed E-state index contributed by atoms with van der Waals surface area (Å²) < 4.78 is 5.47. The summed E-state index contributed by atoms with van der Waals surface area (Å²) in [4.78, 5) is 27.3. The summed E-state index contributed by atoms with van der Waals surface area (Å²) in [6.45, 7) is 0. The number of furan rings is 1. The molecular formula is C22H14N4O2S. The van der Waals surface area contributed by atoms with Crippen molar-refractivity contribution in [2.45, 2.75) is 0 Å². The Morgan fingerprint density at radius 2 is 1.62 bits per heavy atom. The van der Waals surface area contributed by atoms with Gasteiger partial charge in [0.2, 0.25) is 0 Å². The molecule has 0 radical (unpaired) electrons. The molecule has 0 aliphatic heterocycles. The molecule has 0 atom stereocenters. The highest BCUT2D eigenvalue weighted by atomic mass is 32.1. The fraction of sp³-hybridized carbons (Fsp3) is 0. The van der Waals surface area contributed by atoms with Crippen molar-refractivity contribution in [1.82, 2.24) is 15.0 Å². The number of rotatable bonds is 4. The predicted octanol–water partition coefficient (Wildman–Crippen LogP) is 5.27. The van der Waals surface area contributed by atoms with E-state index in [0.29, 0.717) is 38.3 Å². The fourth-order valence-electron chi connectivity index (χ4n) is 2.90. The van der Waals surface area contributed by atoms with Crippen molar-refractivity contribution < 1.29 is 9.21 Å². The zero-order chi connectivity index (χ0) is 19.6. The molecule has 0 saturated carbocycles. The lowest BCUT2D eigenvalue weighted by atomic mass is 10.2. The van der Waals surface area contributed by atoms with Gasteiger partial charge in [-0.1, -0.05) is 59.9 Å². The molecule has 6 nitrogen and oxygen atoms in total. The van der Waals surface area contributed by atoms with Gasteiger partial charge in [-0.25, -0.2) is 15.0 Å². The van der Waals surface area contributed by atoms with Crippen molar-refractivity contribution in [1.29, 1.82) is 0 Å². The van der Waals surface area contributed by atoms with Crippen LogP contribution < -0.4 is 5.32 Å². The molecule has 1 amide bonds. The van der Waals surface area contributed by atoms with Gasteiger partial charge in [0.05, 0.1) is 6.26 Å². The summed E-state index contributed by atoms with van der Waals surface area (Å²) >= 11 is 1.39. The fourth-order valence-corrected chi connectivity index (χ4v) is 3.81. The SMILES string of the molecule is O=C(Nc1nc(-c2ccccc2)nc2sc(-c3ccco3)nc12)c1ccccc1. The molecule has 7 heteroatoms. The van der Waals surface area contributed by atoms with Gasteiger partial charge in [0.1, 0.15) is 10.3 Å². The minimum Gasteiger partial charge on any atom is -0.462 e. The second-order valence-corrected chi connectivity index (χ2v) is 7.21. The molecule has 5 rings (SSSR count). The van der Waals surface area contributed by atoms with Gasteiger partial charge >= 0.3 is 0 Å². The zero-order valence-corrected chi connectivity index (χ0v) is 15.9. The first-order valence-electron chi connectivity index (χ1n) is 8.92. The first-order chi connectivity index (χ1) is 14.3. The molecule has 1 N–H and O–H groups in total. The van der Waals surface area contributed by atoms with Crippen molar-refractivity contribution in [3.63, 3.8) is 0 Å². The summed E-state index contributed by atoms with van der Waals surface area (Å²) in [5.74, 6) is 1.29. The normalized spacial score (nSPS) is 10.9. The van der Waals surface area contributed by atoms with Gasteiger partial charge in [-0.3, -0.25) is 4.79 Å². The van der Waals surface area contributed by atoms with Crippen LogP contribution in [0.3, 0.4) is 0 Å². The van der Waals surface area contributed by atoms with Crippen molar-refractivity contribution in [2.24, 2.45) is 0 Å². The van der Waals surface area contributed by atoms with Crippen LogP contribution in [0.15, 0.2) is 83.5 Å². The first kappa shape index (κ1) is 17.3. The molecule has 5 aromatic rings. The molecule has 0 bridgehead atoms. The number of hydrogen-bond acceptors (Lipinski definition) is 6. The Bertz CT molecular complexity index is 1280. The van der Waals surface area contributed by atoms with Crippen LogP contribution >= 0.6 is 11.3 Å². The molecule has 140 valence electrons. The van der Waals surface area contributed by atoms with Gasteiger partial charge in [-0.2, -0.15) is 0 Å². The lowest BCUT2D eigenvalue weighted by molar-refractivity contribution is 0.102. The van der Waals surface area contributed by atoms with Crippen molar-refractivity contribution in [3.05, 3.63) is 84.6 Å². The number of carbonyl (C=O) groups is 1. The smallest absolute Gasteiger partial charge is 0.256 e. The topological polar surface area (TPSA) is 80.9 Å². The van der Waals surface area contributed by atoms with E-state index in [1.54, 1.807) is 24.5 Å². The summed E-state index contributed by atoms with van der Waals surface area (Å²) in [6, 6.07) is 22.3. The molecule has 3 aromatic heterocycles. The van der Waals surface area contributed by atoms with Crippen LogP contribution in [-0.2, 0) is 0 Å². The Balaban J connectivity index is 1.64. The highest BCUT2D eigenvalue weighted by Crippen LogP contribution is 2.34. The van der Waals surface area contributed by atoms with Gasteiger partial charge in [0.25, 0.3) is 5.91 Å². The number of amides is 1. The molecule has 3 heterocycles. The van der Waals surface area contributed by atoms with E-state index in [2.05, 4.69) is 20.3 Å². The van der Waals surface area contributed by atoms with Crippen LogP contribution in [0.4, 0.5) is 5.82 Å².